The van der Waals surface area contributed by atoms with Gasteiger partial charge in [0.1, 0.15) is 17.3 Å². The van der Waals surface area contributed by atoms with Crippen LogP contribution in [0.2, 0.25) is 0 Å². The van der Waals surface area contributed by atoms with Crippen molar-refractivity contribution in [1.29, 1.82) is 0 Å². The molecule has 0 aromatic carbocycles. The fourth-order valence-corrected chi connectivity index (χ4v) is 10.1. The predicted octanol–water partition coefficient (Wildman–Crippen LogP) is 2.25. The van der Waals surface area contributed by atoms with Crippen LogP contribution in [0.15, 0.2) is 12.7 Å². The number of hydrogen-bond donors (Lipinski definition) is 4. The Morgan fingerprint density at radius 1 is 1.06 bits per heavy atom. The first kappa shape index (κ1) is 38.8. The van der Waals surface area contributed by atoms with Crippen molar-refractivity contribution in [3.05, 3.63) is 12.7 Å². The van der Waals surface area contributed by atoms with Crippen LogP contribution < -0.4 is 21.3 Å². The molecule has 3 unspecified atom stereocenters. The first-order chi connectivity index (χ1) is 22.9. The summed E-state index contributed by atoms with van der Waals surface area (Å²) in [4.78, 5) is 69.5. The zero-order valence-corrected chi connectivity index (χ0v) is 30.9. The molecule has 2 saturated carbocycles. The second kappa shape index (κ2) is 15.1. The molecule has 14 heteroatoms. The number of rotatable bonds is 13. The van der Waals surface area contributed by atoms with Gasteiger partial charge in [-0.25, -0.2) is 13.2 Å². The number of nitrogens with zero attached hydrogens (tertiary/aromatic N) is 1. The molecule has 276 valence electrons. The summed E-state index contributed by atoms with van der Waals surface area (Å²) in [6.07, 6.45) is 6.52. The minimum atomic E-state index is -3.52. The van der Waals surface area contributed by atoms with Gasteiger partial charge in [-0.3, -0.25) is 19.2 Å². The first-order valence-corrected chi connectivity index (χ1v) is 19.5. The largest absolute Gasteiger partial charge is 0.379 e. The highest BCUT2D eigenvalue weighted by molar-refractivity contribution is 7.92. The summed E-state index contributed by atoms with van der Waals surface area (Å²) >= 11 is 0. The van der Waals surface area contributed by atoms with Crippen molar-refractivity contribution < 1.29 is 37.1 Å². The van der Waals surface area contributed by atoms with Crippen molar-refractivity contribution in [3.8, 4) is 0 Å². The molecular formula is C35H57N5O8S. The van der Waals surface area contributed by atoms with Crippen LogP contribution in [0.3, 0.4) is 0 Å². The molecule has 5 amide bonds. The van der Waals surface area contributed by atoms with Crippen molar-refractivity contribution >= 4 is 39.4 Å². The third-order valence-electron chi connectivity index (χ3n) is 11.2. The van der Waals surface area contributed by atoms with Crippen molar-refractivity contribution in [1.82, 2.24) is 26.2 Å². The number of Topliss-reactive ketones (excluding diaryl/α,β-unsaturated/α-hetero) is 1. The average Bonchev–Trinajstić information content (AvgIpc) is 3.33. The maximum absolute atomic E-state index is 14.5. The minimum absolute atomic E-state index is 0.00500. The number of likely N-dealkylation sites (tertiary alicyclic amines) is 1. The van der Waals surface area contributed by atoms with Crippen LogP contribution in [0.4, 0.5) is 4.79 Å². The Morgan fingerprint density at radius 3 is 2.33 bits per heavy atom. The van der Waals surface area contributed by atoms with E-state index < -0.39 is 73.7 Å². The molecule has 4 rings (SSSR count). The molecular weight excluding hydrogens is 650 g/mol. The Hall–Kier alpha value is -3.00. The molecule has 2 aliphatic carbocycles. The number of hydrogen-bond acceptors (Lipinski definition) is 8. The number of fused-ring (bicyclic) bond motifs is 1. The number of nitrogens with one attached hydrogen (secondary N) is 4. The molecule has 0 bridgehead atoms. The number of sulfone groups is 1. The fourth-order valence-electron chi connectivity index (χ4n) is 8.19. The number of unbranched alkanes of at least 4 members (excludes halogenated alkanes) is 1. The van der Waals surface area contributed by atoms with Gasteiger partial charge in [-0.1, -0.05) is 79.7 Å². The van der Waals surface area contributed by atoms with E-state index in [0.29, 0.717) is 25.8 Å². The number of ketones is 1. The molecule has 2 heterocycles. The molecule has 0 radical (unpaired) electrons. The van der Waals surface area contributed by atoms with E-state index in [9.17, 15) is 32.4 Å². The summed E-state index contributed by atoms with van der Waals surface area (Å²) in [5.41, 5.74) is -2.01. The second-order valence-electron chi connectivity index (χ2n) is 16.0. The Kier molecular flexibility index (Phi) is 11.9. The van der Waals surface area contributed by atoms with Crippen molar-refractivity contribution in [2.75, 3.05) is 32.1 Å². The molecule has 4 fully saturated rings. The predicted molar refractivity (Wildman–Crippen MR) is 185 cm³/mol. The molecule has 49 heavy (non-hydrogen) atoms. The Bertz CT molecular complexity index is 1400. The maximum atomic E-state index is 14.5. The van der Waals surface area contributed by atoms with E-state index in [-0.39, 0.29) is 49.2 Å². The number of ether oxygens (including phenoxy) is 1. The van der Waals surface area contributed by atoms with Gasteiger partial charge in [-0.2, -0.15) is 0 Å². The summed E-state index contributed by atoms with van der Waals surface area (Å²) < 4.78 is 31.9. The van der Waals surface area contributed by atoms with Gasteiger partial charge in [0.25, 0.3) is 5.91 Å². The summed E-state index contributed by atoms with van der Waals surface area (Å²) in [5.74, 6) is -2.72. The lowest BCUT2D eigenvalue weighted by molar-refractivity contribution is -0.145. The van der Waals surface area contributed by atoms with Gasteiger partial charge in [-0.05, 0) is 41.9 Å². The van der Waals surface area contributed by atoms with Gasteiger partial charge >= 0.3 is 6.03 Å². The van der Waals surface area contributed by atoms with Crippen LogP contribution in [-0.4, -0.2) is 104 Å². The lowest BCUT2D eigenvalue weighted by atomic mass is 9.79. The minimum Gasteiger partial charge on any atom is -0.379 e. The lowest BCUT2D eigenvalue weighted by Gasteiger charge is -2.45. The number of piperidine rings is 1. The Balaban J connectivity index is 1.56. The first-order valence-electron chi connectivity index (χ1n) is 17.8. The molecule has 2 saturated heterocycles. The zero-order chi connectivity index (χ0) is 36.4. The highest BCUT2D eigenvalue weighted by Gasteiger charge is 2.70. The zero-order valence-electron chi connectivity index (χ0n) is 30.1. The van der Waals surface area contributed by atoms with E-state index in [1.807, 2.05) is 41.5 Å². The van der Waals surface area contributed by atoms with E-state index >= 15 is 0 Å². The summed E-state index contributed by atoms with van der Waals surface area (Å²) in [5, 5.41) is 10.3. The van der Waals surface area contributed by atoms with Crippen molar-refractivity contribution in [3.63, 3.8) is 0 Å². The SMILES string of the molecule is C=CCNC(=O)C(=O)[C@H](CCCC)NC(=O)[C@@H]1[C@H]2C(CN1C(=O)C(NC(=O)NC1(C3COCCS3(=O)=O)CCCCC1)C(C)(C)C)C2(C)C. The molecule has 0 aromatic rings. The van der Waals surface area contributed by atoms with Gasteiger partial charge in [-0.15, -0.1) is 6.58 Å². The van der Waals surface area contributed by atoms with Crippen LogP contribution >= 0.6 is 0 Å². The van der Waals surface area contributed by atoms with Crippen molar-refractivity contribution in [2.24, 2.45) is 22.7 Å². The number of urea groups is 1. The van der Waals surface area contributed by atoms with E-state index in [0.717, 1.165) is 25.7 Å². The number of carbonyl (C=O) groups excluding carboxylic acids is 5. The molecule has 4 N–H and O–H groups in total. The smallest absolute Gasteiger partial charge is 0.315 e. The van der Waals surface area contributed by atoms with Gasteiger partial charge in [0, 0.05) is 13.1 Å². The second-order valence-corrected chi connectivity index (χ2v) is 18.3. The highest BCUT2D eigenvalue weighted by atomic mass is 32.2. The van der Waals surface area contributed by atoms with Gasteiger partial charge < -0.3 is 30.9 Å². The molecule has 2 aliphatic heterocycles. The summed E-state index contributed by atoms with van der Waals surface area (Å²) in [6, 6.07) is -3.64. The van der Waals surface area contributed by atoms with Crippen molar-refractivity contribution in [2.45, 2.75) is 122 Å². The van der Waals surface area contributed by atoms with Gasteiger partial charge in [0.2, 0.25) is 17.6 Å². The van der Waals surface area contributed by atoms with Crippen LogP contribution in [0.1, 0.15) is 92.9 Å². The van der Waals surface area contributed by atoms with Crippen LogP contribution in [-0.2, 0) is 33.8 Å². The van der Waals surface area contributed by atoms with E-state index in [4.69, 9.17) is 4.74 Å². The molecule has 13 nitrogen and oxygen atoms in total. The topological polar surface area (TPSA) is 180 Å². The summed E-state index contributed by atoms with van der Waals surface area (Å²) in [7, 11) is -3.52. The standard InChI is InChI=1S/C35H57N5O8S/c1-8-10-14-23(27(41)30(43)36-17-9-2)37-29(42)26-25-22(34(25,6)7)20-40(26)31(44)28(33(3,4)5)38-32(45)39-35(15-12-11-13-16-35)24-21-48-18-19-49(24,46)47/h9,22-26,28H,2,8,10-21H2,1,3-7H3,(H,36,43)(H,37,42)(H2,38,39,45)/t22?,23-,24?,25+,26-,28?/m0/s1. The maximum Gasteiger partial charge on any atom is 0.315 e. The Morgan fingerprint density at radius 2 is 1.73 bits per heavy atom. The van der Waals surface area contributed by atoms with Crippen LogP contribution in [0, 0.1) is 22.7 Å². The normalized spacial score (nSPS) is 27.8. The van der Waals surface area contributed by atoms with E-state index in [1.165, 1.54) is 11.0 Å². The molecule has 4 aliphatic rings. The monoisotopic (exact) mass is 707 g/mol. The van der Waals surface area contributed by atoms with E-state index in [2.05, 4.69) is 27.8 Å². The third kappa shape index (κ3) is 8.32. The summed E-state index contributed by atoms with van der Waals surface area (Å²) in [6.45, 7) is 15.6. The Labute approximate surface area is 291 Å². The lowest BCUT2D eigenvalue weighted by Crippen LogP contribution is -2.67. The third-order valence-corrected chi connectivity index (χ3v) is 13.4. The fraction of sp³-hybridized carbons (Fsp3) is 0.800. The molecule has 0 aromatic heterocycles. The van der Waals surface area contributed by atoms with Crippen LogP contribution in [0.25, 0.3) is 0 Å². The van der Waals surface area contributed by atoms with Crippen LogP contribution in [0.5, 0.6) is 0 Å². The molecule has 6 atom stereocenters. The quantitative estimate of drug-likeness (QED) is 0.166. The average molecular weight is 708 g/mol. The van der Waals surface area contributed by atoms with Gasteiger partial charge in [0.15, 0.2) is 9.84 Å². The highest BCUT2D eigenvalue weighted by Crippen LogP contribution is 2.65. The number of amides is 5. The van der Waals surface area contributed by atoms with Gasteiger partial charge in [0.05, 0.1) is 30.5 Å². The molecule has 0 spiro atoms. The van der Waals surface area contributed by atoms with E-state index in [1.54, 1.807) is 0 Å². The number of carbonyl (C=O) groups is 5.